The van der Waals surface area contributed by atoms with Crippen LogP contribution in [0.15, 0.2) is 34.9 Å². The Morgan fingerprint density at radius 2 is 1.82 bits per heavy atom. The van der Waals surface area contributed by atoms with E-state index in [0.717, 1.165) is 57.3 Å². The Labute approximate surface area is 164 Å². The van der Waals surface area contributed by atoms with E-state index < -0.39 is 0 Å². The molecule has 1 saturated carbocycles. The zero-order valence-electron chi connectivity index (χ0n) is 16.0. The highest BCUT2D eigenvalue weighted by molar-refractivity contribution is 5.91. The van der Waals surface area contributed by atoms with Crippen molar-refractivity contribution in [1.82, 2.24) is 15.0 Å². The first-order valence-electron chi connectivity index (χ1n) is 10.2. The molecule has 0 unspecified atom stereocenters. The molecule has 7 heteroatoms. The Hall–Kier alpha value is -2.70. The molecule has 0 bridgehead atoms. The van der Waals surface area contributed by atoms with Crippen LogP contribution in [-0.4, -0.2) is 39.9 Å². The molecule has 1 aromatic carbocycles. The van der Waals surface area contributed by atoms with Crippen molar-refractivity contribution in [2.45, 2.75) is 50.9 Å². The fourth-order valence-electron chi connectivity index (χ4n) is 4.25. The molecule has 1 N–H and O–H groups in total. The van der Waals surface area contributed by atoms with Crippen LogP contribution in [0.1, 0.15) is 56.2 Å². The number of likely N-dealkylation sites (tertiary alicyclic amines) is 1. The van der Waals surface area contributed by atoms with Gasteiger partial charge in [-0.2, -0.15) is 4.98 Å². The molecule has 2 fully saturated rings. The van der Waals surface area contributed by atoms with Gasteiger partial charge in [0.05, 0.1) is 12.3 Å². The van der Waals surface area contributed by atoms with Gasteiger partial charge in [0.1, 0.15) is 0 Å². The van der Waals surface area contributed by atoms with Gasteiger partial charge in [-0.05, 0) is 37.8 Å². The number of amides is 2. The smallest absolute Gasteiger partial charge is 0.232 e. The minimum absolute atomic E-state index is 0.0414. The quantitative estimate of drug-likeness (QED) is 0.858. The minimum Gasteiger partial charge on any atom is -0.342 e. The molecule has 1 aliphatic heterocycles. The Balaban J connectivity index is 1.41. The molecule has 2 aliphatic rings. The lowest BCUT2D eigenvalue weighted by Crippen LogP contribution is -2.38. The zero-order chi connectivity index (χ0) is 19.3. The van der Waals surface area contributed by atoms with Crippen LogP contribution < -0.4 is 5.32 Å². The zero-order valence-corrected chi connectivity index (χ0v) is 16.0. The maximum atomic E-state index is 12.9. The van der Waals surface area contributed by atoms with Crippen LogP contribution in [-0.2, 0) is 16.0 Å². The minimum atomic E-state index is -0.188. The number of benzene rings is 1. The van der Waals surface area contributed by atoms with Gasteiger partial charge in [0.25, 0.3) is 0 Å². The number of hydrogen-bond donors (Lipinski definition) is 1. The molecule has 1 aliphatic carbocycles. The van der Waals surface area contributed by atoms with E-state index in [1.165, 1.54) is 0 Å². The largest absolute Gasteiger partial charge is 0.342 e. The first-order valence-corrected chi connectivity index (χ1v) is 10.2. The first kappa shape index (κ1) is 18.7. The molecular formula is C21H26N4O3. The highest BCUT2D eigenvalue weighted by atomic mass is 16.5. The summed E-state index contributed by atoms with van der Waals surface area (Å²) >= 11 is 0. The van der Waals surface area contributed by atoms with Crippen LogP contribution >= 0.6 is 0 Å². The first-order chi connectivity index (χ1) is 13.7. The molecular weight excluding hydrogens is 356 g/mol. The van der Waals surface area contributed by atoms with Crippen LogP contribution in [0.25, 0.3) is 0 Å². The highest BCUT2D eigenvalue weighted by Gasteiger charge is 2.38. The molecule has 2 aromatic rings. The summed E-state index contributed by atoms with van der Waals surface area (Å²) in [5.41, 5.74) is 0.736. The number of aromatic nitrogens is 2. The van der Waals surface area contributed by atoms with Gasteiger partial charge in [0, 0.05) is 24.7 Å². The molecule has 1 aromatic heterocycles. The second-order valence-corrected chi connectivity index (χ2v) is 7.67. The Bertz CT molecular complexity index is 814. The summed E-state index contributed by atoms with van der Waals surface area (Å²) in [7, 11) is 0. The van der Waals surface area contributed by atoms with E-state index in [1.54, 1.807) is 0 Å². The van der Waals surface area contributed by atoms with Crippen molar-refractivity contribution < 1.29 is 14.1 Å². The Morgan fingerprint density at radius 1 is 1.07 bits per heavy atom. The molecule has 4 rings (SSSR count). The Morgan fingerprint density at radius 3 is 2.61 bits per heavy atom. The van der Waals surface area contributed by atoms with E-state index in [0.29, 0.717) is 11.7 Å². The van der Waals surface area contributed by atoms with Gasteiger partial charge < -0.3 is 14.7 Å². The van der Waals surface area contributed by atoms with E-state index in [1.807, 2.05) is 35.2 Å². The molecule has 0 spiro atoms. The highest BCUT2D eigenvalue weighted by Crippen LogP contribution is 2.38. The second-order valence-electron chi connectivity index (χ2n) is 7.67. The monoisotopic (exact) mass is 382 g/mol. The van der Waals surface area contributed by atoms with Crippen LogP contribution in [0.5, 0.6) is 0 Å². The summed E-state index contributed by atoms with van der Waals surface area (Å²) in [4.78, 5) is 31.6. The number of carbonyl (C=O) groups excluding carboxylic acids is 2. The van der Waals surface area contributed by atoms with Crippen molar-refractivity contribution in [3.05, 3.63) is 42.0 Å². The number of nitrogens with zero attached hydrogens (tertiary/aromatic N) is 3. The van der Waals surface area contributed by atoms with Crippen molar-refractivity contribution in [2.24, 2.45) is 5.92 Å². The van der Waals surface area contributed by atoms with E-state index in [2.05, 4.69) is 15.5 Å². The van der Waals surface area contributed by atoms with Gasteiger partial charge in [-0.25, -0.2) is 0 Å². The standard InChI is InChI=1S/C21H26N4O3/c26-19(22-15-8-2-1-3-9-15)14-18-23-20(28-24-18)16-10-4-5-11-17(16)21(27)25-12-6-7-13-25/h1-3,8-9,16-17H,4-7,10-14H2,(H,22,26)/t16-,17+/m1/s1. The normalized spacial score (nSPS) is 22.2. The second kappa shape index (κ2) is 8.54. The maximum absolute atomic E-state index is 12.9. The van der Waals surface area contributed by atoms with Crippen LogP contribution in [0.3, 0.4) is 0 Å². The summed E-state index contributed by atoms with van der Waals surface area (Å²) in [5.74, 6) is 0.773. The molecule has 28 heavy (non-hydrogen) atoms. The van der Waals surface area contributed by atoms with Gasteiger partial charge in [0.15, 0.2) is 5.82 Å². The van der Waals surface area contributed by atoms with Gasteiger partial charge >= 0.3 is 0 Å². The van der Waals surface area contributed by atoms with Crippen molar-refractivity contribution in [1.29, 1.82) is 0 Å². The van der Waals surface area contributed by atoms with Gasteiger partial charge in [-0.3, -0.25) is 9.59 Å². The lowest BCUT2D eigenvalue weighted by Gasteiger charge is -2.31. The predicted molar refractivity (Wildman–Crippen MR) is 104 cm³/mol. The third-order valence-electron chi connectivity index (χ3n) is 5.68. The summed E-state index contributed by atoms with van der Waals surface area (Å²) in [6.07, 6.45) is 6.08. The van der Waals surface area contributed by atoms with E-state index in [9.17, 15) is 9.59 Å². The number of para-hydroxylation sites is 1. The average Bonchev–Trinajstić information content (AvgIpc) is 3.40. The van der Waals surface area contributed by atoms with Crippen LogP contribution in [0, 0.1) is 5.92 Å². The van der Waals surface area contributed by atoms with Crippen LogP contribution in [0.2, 0.25) is 0 Å². The molecule has 148 valence electrons. The van der Waals surface area contributed by atoms with Gasteiger partial charge in [-0.1, -0.05) is 36.2 Å². The van der Waals surface area contributed by atoms with Crippen molar-refractivity contribution in [2.75, 3.05) is 18.4 Å². The lowest BCUT2D eigenvalue weighted by molar-refractivity contribution is -0.136. The topological polar surface area (TPSA) is 88.3 Å². The van der Waals surface area contributed by atoms with E-state index in [-0.39, 0.29) is 30.1 Å². The van der Waals surface area contributed by atoms with Crippen LogP contribution in [0.4, 0.5) is 5.69 Å². The predicted octanol–water partition coefficient (Wildman–Crippen LogP) is 3.15. The number of carbonyl (C=O) groups is 2. The summed E-state index contributed by atoms with van der Waals surface area (Å²) < 4.78 is 5.49. The fourth-order valence-corrected chi connectivity index (χ4v) is 4.25. The van der Waals surface area contributed by atoms with Crippen molar-refractivity contribution in [3.8, 4) is 0 Å². The number of hydrogen-bond acceptors (Lipinski definition) is 5. The van der Waals surface area contributed by atoms with Crippen molar-refractivity contribution >= 4 is 17.5 Å². The maximum Gasteiger partial charge on any atom is 0.232 e. The van der Waals surface area contributed by atoms with E-state index >= 15 is 0 Å². The number of nitrogens with one attached hydrogen (secondary N) is 1. The third kappa shape index (κ3) is 4.24. The average molecular weight is 382 g/mol. The summed E-state index contributed by atoms with van der Waals surface area (Å²) in [6.45, 7) is 1.72. The Kier molecular flexibility index (Phi) is 5.69. The number of anilines is 1. The fraction of sp³-hybridized carbons (Fsp3) is 0.524. The molecule has 7 nitrogen and oxygen atoms in total. The molecule has 1 saturated heterocycles. The summed E-state index contributed by atoms with van der Waals surface area (Å²) in [6, 6.07) is 9.28. The molecule has 2 atom stereocenters. The summed E-state index contributed by atoms with van der Waals surface area (Å²) in [5, 5.41) is 6.81. The molecule has 0 radical (unpaired) electrons. The lowest BCUT2D eigenvalue weighted by atomic mass is 9.78. The molecule has 2 heterocycles. The van der Waals surface area contributed by atoms with Gasteiger partial charge in [0.2, 0.25) is 17.7 Å². The third-order valence-corrected chi connectivity index (χ3v) is 5.68. The van der Waals surface area contributed by atoms with Gasteiger partial charge in [-0.15, -0.1) is 0 Å². The number of rotatable bonds is 5. The van der Waals surface area contributed by atoms with E-state index in [4.69, 9.17) is 4.52 Å². The van der Waals surface area contributed by atoms with Crippen molar-refractivity contribution in [3.63, 3.8) is 0 Å². The SMILES string of the molecule is O=C(Cc1noc([C@@H]2CCCC[C@@H]2C(=O)N2CCCC2)n1)Nc1ccccc1. The molecule has 2 amide bonds.